The van der Waals surface area contributed by atoms with E-state index in [0.717, 1.165) is 28.5 Å². The highest BCUT2D eigenvalue weighted by molar-refractivity contribution is 6.15. The van der Waals surface area contributed by atoms with E-state index in [1.165, 1.54) is 0 Å². The van der Waals surface area contributed by atoms with Gasteiger partial charge < -0.3 is 14.2 Å². The Morgan fingerprint density at radius 2 is 1.88 bits per heavy atom. The molecule has 25 heavy (non-hydrogen) atoms. The van der Waals surface area contributed by atoms with Crippen molar-refractivity contribution in [3.8, 4) is 17.2 Å². The molecule has 0 unspecified atom stereocenters. The van der Waals surface area contributed by atoms with Gasteiger partial charge in [-0.3, -0.25) is 9.78 Å². The van der Waals surface area contributed by atoms with Gasteiger partial charge in [0.15, 0.2) is 11.5 Å². The Morgan fingerprint density at radius 3 is 2.68 bits per heavy atom. The second kappa shape index (κ2) is 6.09. The third-order valence-corrected chi connectivity index (χ3v) is 4.44. The molecule has 0 amide bonds. The van der Waals surface area contributed by atoms with Crippen LogP contribution in [0.1, 0.15) is 21.6 Å². The predicted octanol–water partition coefficient (Wildman–Crippen LogP) is 3.42. The van der Waals surface area contributed by atoms with E-state index in [4.69, 9.17) is 14.2 Å². The summed E-state index contributed by atoms with van der Waals surface area (Å²) in [7, 11) is 3.15. The summed E-state index contributed by atoms with van der Waals surface area (Å²) in [6.45, 7) is 0.663. The Hall–Kier alpha value is -3.08. The van der Waals surface area contributed by atoms with Crippen LogP contribution in [0.15, 0.2) is 42.6 Å². The lowest BCUT2D eigenvalue weighted by molar-refractivity contribution is 0.103. The number of methoxy groups -OCH3 is 2. The van der Waals surface area contributed by atoms with Crippen molar-refractivity contribution in [2.75, 3.05) is 20.8 Å². The molecule has 0 aliphatic carbocycles. The van der Waals surface area contributed by atoms with Crippen LogP contribution in [0.25, 0.3) is 10.8 Å². The van der Waals surface area contributed by atoms with Crippen molar-refractivity contribution in [1.82, 2.24) is 4.98 Å². The smallest absolute Gasteiger partial charge is 0.212 e. The highest BCUT2D eigenvalue weighted by atomic mass is 16.5. The maximum atomic E-state index is 13.0. The first-order valence-corrected chi connectivity index (χ1v) is 8.02. The Labute approximate surface area is 145 Å². The molecular formula is C20H17NO4. The summed E-state index contributed by atoms with van der Waals surface area (Å²) < 4.78 is 16.3. The first-order valence-electron chi connectivity index (χ1n) is 8.02. The molecule has 1 aliphatic heterocycles. The van der Waals surface area contributed by atoms with E-state index in [2.05, 4.69) is 4.98 Å². The van der Waals surface area contributed by atoms with E-state index in [0.29, 0.717) is 29.4 Å². The average molecular weight is 335 g/mol. The Kier molecular flexibility index (Phi) is 3.76. The van der Waals surface area contributed by atoms with Crippen molar-refractivity contribution in [2.45, 2.75) is 6.42 Å². The molecule has 4 rings (SSSR count). The van der Waals surface area contributed by atoms with Crippen LogP contribution in [0, 0.1) is 0 Å². The first-order chi connectivity index (χ1) is 12.2. The Bertz CT molecular complexity index is 981. The Balaban J connectivity index is 1.84. The molecule has 0 saturated carbocycles. The summed E-state index contributed by atoms with van der Waals surface area (Å²) >= 11 is 0. The van der Waals surface area contributed by atoms with Gasteiger partial charge in [-0.2, -0.15) is 0 Å². The molecule has 126 valence electrons. The van der Waals surface area contributed by atoms with Crippen molar-refractivity contribution < 1.29 is 19.0 Å². The molecule has 0 fully saturated rings. The van der Waals surface area contributed by atoms with Crippen LogP contribution in [0.4, 0.5) is 0 Å². The van der Waals surface area contributed by atoms with Gasteiger partial charge >= 0.3 is 0 Å². The number of pyridine rings is 1. The number of nitrogens with zero attached hydrogens (tertiary/aromatic N) is 1. The van der Waals surface area contributed by atoms with Crippen molar-refractivity contribution in [2.24, 2.45) is 0 Å². The molecule has 0 bridgehead atoms. The number of benzene rings is 2. The molecule has 0 atom stereocenters. The maximum Gasteiger partial charge on any atom is 0.212 e. The molecule has 0 radical (unpaired) electrons. The van der Waals surface area contributed by atoms with E-state index in [1.54, 1.807) is 32.5 Å². The van der Waals surface area contributed by atoms with E-state index in [1.807, 2.05) is 24.3 Å². The van der Waals surface area contributed by atoms with Gasteiger partial charge in [0.2, 0.25) is 5.78 Å². The van der Waals surface area contributed by atoms with Crippen molar-refractivity contribution in [1.29, 1.82) is 0 Å². The fraction of sp³-hybridized carbons (Fsp3) is 0.200. The van der Waals surface area contributed by atoms with Crippen LogP contribution >= 0.6 is 0 Å². The number of aromatic nitrogens is 1. The topological polar surface area (TPSA) is 57.7 Å². The summed E-state index contributed by atoms with van der Waals surface area (Å²) in [6, 6.07) is 11.1. The molecule has 5 heteroatoms. The highest BCUT2D eigenvalue weighted by Gasteiger charge is 2.19. The van der Waals surface area contributed by atoms with Crippen LogP contribution in [-0.4, -0.2) is 31.6 Å². The van der Waals surface area contributed by atoms with Crippen LogP contribution in [0.5, 0.6) is 17.2 Å². The number of hydrogen-bond acceptors (Lipinski definition) is 5. The first kappa shape index (κ1) is 15.4. The Morgan fingerprint density at radius 1 is 1.08 bits per heavy atom. The van der Waals surface area contributed by atoms with Gasteiger partial charge in [-0.1, -0.05) is 12.1 Å². The van der Waals surface area contributed by atoms with E-state index < -0.39 is 0 Å². The molecule has 0 N–H and O–H groups in total. The molecule has 5 nitrogen and oxygen atoms in total. The molecule has 2 heterocycles. The number of ketones is 1. The van der Waals surface area contributed by atoms with Gasteiger partial charge in [0.25, 0.3) is 0 Å². The van der Waals surface area contributed by atoms with E-state index in [9.17, 15) is 4.79 Å². The standard InChI is InChI=1S/C20H17NO4/c1-23-17-9-13-5-7-21-19(15(13)11-18(17)24-2)20(22)14-4-3-12-6-8-25-16(12)10-14/h3-5,7,9-11H,6,8H2,1-2H3. The van der Waals surface area contributed by atoms with Gasteiger partial charge in [0, 0.05) is 23.6 Å². The number of hydrogen-bond donors (Lipinski definition) is 0. The summed E-state index contributed by atoms with van der Waals surface area (Å²) in [5.41, 5.74) is 2.08. The van der Waals surface area contributed by atoms with Crippen LogP contribution in [0.3, 0.4) is 0 Å². The fourth-order valence-corrected chi connectivity index (χ4v) is 3.12. The largest absolute Gasteiger partial charge is 0.493 e. The van der Waals surface area contributed by atoms with Crippen LogP contribution in [0.2, 0.25) is 0 Å². The highest BCUT2D eigenvalue weighted by Crippen LogP contribution is 2.34. The summed E-state index contributed by atoms with van der Waals surface area (Å²) in [5, 5.41) is 1.60. The summed E-state index contributed by atoms with van der Waals surface area (Å²) in [5.74, 6) is 1.82. The molecule has 0 spiro atoms. The molecule has 2 aromatic carbocycles. The monoisotopic (exact) mass is 335 g/mol. The SMILES string of the molecule is COc1cc2ccnc(C(=O)c3ccc4c(c3)OCC4)c2cc1OC. The fourth-order valence-electron chi connectivity index (χ4n) is 3.12. The second-order valence-corrected chi connectivity index (χ2v) is 5.84. The van der Waals surface area contributed by atoms with Gasteiger partial charge in [-0.05, 0) is 35.2 Å². The van der Waals surface area contributed by atoms with E-state index >= 15 is 0 Å². The lowest BCUT2D eigenvalue weighted by atomic mass is 10.0. The van der Waals surface area contributed by atoms with Crippen LogP contribution < -0.4 is 14.2 Å². The molecular weight excluding hydrogens is 318 g/mol. The van der Waals surface area contributed by atoms with Crippen molar-refractivity contribution >= 4 is 16.6 Å². The van der Waals surface area contributed by atoms with Gasteiger partial charge in [0.1, 0.15) is 11.4 Å². The van der Waals surface area contributed by atoms with E-state index in [-0.39, 0.29) is 5.78 Å². The zero-order valence-corrected chi connectivity index (χ0v) is 14.0. The number of fused-ring (bicyclic) bond motifs is 2. The summed E-state index contributed by atoms with van der Waals surface area (Å²) in [4.78, 5) is 17.3. The molecule has 1 aromatic heterocycles. The van der Waals surface area contributed by atoms with Crippen molar-refractivity contribution in [3.63, 3.8) is 0 Å². The minimum absolute atomic E-state index is 0.142. The number of carbonyl (C=O) groups excluding carboxylic acids is 1. The van der Waals surface area contributed by atoms with Gasteiger partial charge in [-0.25, -0.2) is 0 Å². The lowest BCUT2D eigenvalue weighted by Crippen LogP contribution is -2.05. The molecule has 1 aliphatic rings. The maximum absolute atomic E-state index is 13.0. The number of ether oxygens (including phenoxy) is 3. The normalized spacial score (nSPS) is 12.6. The van der Waals surface area contributed by atoms with Crippen molar-refractivity contribution in [3.05, 3.63) is 59.4 Å². The van der Waals surface area contributed by atoms with Crippen LogP contribution in [-0.2, 0) is 6.42 Å². The number of carbonyl (C=O) groups is 1. The quantitative estimate of drug-likeness (QED) is 0.684. The third kappa shape index (κ3) is 2.58. The number of rotatable bonds is 4. The second-order valence-electron chi connectivity index (χ2n) is 5.84. The third-order valence-electron chi connectivity index (χ3n) is 4.44. The minimum atomic E-state index is -0.142. The zero-order valence-electron chi connectivity index (χ0n) is 14.0. The molecule has 0 saturated heterocycles. The van der Waals surface area contributed by atoms with Gasteiger partial charge in [0.05, 0.1) is 20.8 Å². The average Bonchev–Trinajstić information content (AvgIpc) is 3.13. The lowest BCUT2D eigenvalue weighted by Gasteiger charge is -2.11. The molecule has 3 aromatic rings. The van der Waals surface area contributed by atoms with Gasteiger partial charge in [-0.15, -0.1) is 0 Å². The zero-order chi connectivity index (χ0) is 17.4. The minimum Gasteiger partial charge on any atom is -0.493 e. The predicted molar refractivity (Wildman–Crippen MR) is 93.9 cm³/mol. The summed E-state index contributed by atoms with van der Waals surface area (Å²) in [6.07, 6.45) is 2.51.